The number of ether oxygens (including phenoxy) is 1. The largest absolute Gasteiger partial charge is 0.490 e. The van der Waals surface area contributed by atoms with E-state index in [1.165, 1.54) is 18.3 Å². The van der Waals surface area contributed by atoms with Crippen molar-refractivity contribution in [2.24, 2.45) is 5.73 Å². The van der Waals surface area contributed by atoms with Gasteiger partial charge >= 0.3 is 30.3 Å². The molecule has 37 heavy (non-hydrogen) atoms. The molecule has 1 amide bonds. The number of aromatic amines is 1. The van der Waals surface area contributed by atoms with Crippen LogP contribution in [0.2, 0.25) is 0 Å². The van der Waals surface area contributed by atoms with Gasteiger partial charge in [0.15, 0.2) is 0 Å². The number of amides is 1. The molecule has 0 aliphatic heterocycles. The minimum absolute atomic E-state index is 0.226. The van der Waals surface area contributed by atoms with Gasteiger partial charge in [0, 0.05) is 18.3 Å². The summed E-state index contributed by atoms with van der Waals surface area (Å²) in [5.74, 6) is -6.40. The number of carboxylic acid groups (broad SMARTS) is 2. The molecule has 11 nitrogen and oxygen atoms in total. The number of halogens is 6. The number of nitrogens with one attached hydrogen (secondary N) is 1. The Morgan fingerprint density at radius 3 is 1.81 bits per heavy atom. The minimum Gasteiger partial charge on any atom is -0.475 e. The number of aromatic nitrogens is 2. The highest BCUT2D eigenvalue weighted by Gasteiger charge is 2.39. The van der Waals surface area contributed by atoms with Crippen LogP contribution in [0.3, 0.4) is 0 Å². The number of methoxy groups -OCH3 is 1. The number of imidazole rings is 1. The van der Waals surface area contributed by atoms with Crippen LogP contribution in [0, 0.1) is 0 Å². The third-order valence-corrected chi connectivity index (χ3v) is 3.89. The molecular weight excluding hydrogens is 522 g/mol. The Labute approximate surface area is 204 Å². The van der Waals surface area contributed by atoms with Gasteiger partial charge in [-0.25, -0.2) is 19.4 Å². The number of benzene rings is 1. The molecule has 1 heterocycles. The molecule has 2 aromatic rings. The van der Waals surface area contributed by atoms with Gasteiger partial charge in [0.1, 0.15) is 6.04 Å². The molecule has 0 radical (unpaired) electrons. The Bertz CT molecular complexity index is 988. The van der Waals surface area contributed by atoms with Gasteiger partial charge in [-0.15, -0.1) is 0 Å². The molecule has 17 heteroatoms. The number of para-hydroxylation sites is 1. The van der Waals surface area contributed by atoms with Crippen molar-refractivity contribution in [2.75, 3.05) is 12.0 Å². The molecule has 0 unspecified atom stereocenters. The first-order valence-electron chi connectivity index (χ1n) is 9.72. The van der Waals surface area contributed by atoms with E-state index in [0.29, 0.717) is 11.4 Å². The van der Waals surface area contributed by atoms with E-state index >= 15 is 0 Å². The van der Waals surface area contributed by atoms with Crippen molar-refractivity contribution in [3.63, 3.8) is 0 Å². The summed E-state index contributed by atoms with van der Waals surface area (Å²) in [6.07, 6.45) is -6.75. The highest BCUT2D eigenvalue weighted by atomic mass is 19.4. The van der Waals surface area contributed by atoms with Crippen molar-refractivity contribution < 1.29 is 60.5 Å². The number of hydrogen-bond donors (Lipinski definition) is 4. The first kappa shape index (κ1) is 32.8. The molecule has 206 valence electrons. The number of nitrogens with zero attached hydrogens (tertiary/aromatic N) is 2. The van der Waals surface area contributed by atoms with Crippen LogP contribution >= 0.6 is 0 Å². The van der Waals surface area contributed by atoms with Crippen LogP contribution < -0.4 is 10.6 Å². The van der Waals surface area contributed by atoms with Gasteiger partial charge in [-0.1, -0.05) is 18.2 Å². The smallest absolute Gasteiger partial charge is 0.475 e. The van der Waals surface area contributed by atoms with Gasteiger partial charge < -0.3 is 25.7 Å². The number of carbonyl (C=O) groups is 4. The van der Waals surface area contributed by atoms with E-state index in [1.54, 1.807) is 37.4 Å². The van der Waals surface area contributed by atoms with Crippen molar-refractivity contribution >= 4 is 29.5 Å². The van der Waals surface area contributed by atoms with E-state index in [0.717, 1.165) is 0 Å². The topological polar surface area (TPSA) is 176 Å². The van der Waals surface area contributed by atoms with Crippen molar-refractivity contribution in [3.05, 3.63) is 48.5 Å². The Morgan fingerprint density at radius 2 is 1.49 bits per heavy atom. The highest BCUT2D eigenvalue weighted by Crippen LogP contribution is 2.21. The molecule has 5 N–H and O–H groups in total. The first-order valence-corrected chi connectivity index (χ1v) is 9.72. The van der Waals surface area contributed by atoms with E-state index in [4.69, 9.17) is 30.3 Å². The summed E-state index contributed by atoms with van der Waals surface area (Å²) in [6.45, 7) is 1.58. The highest BCUT2D eigenvalue weighted by molar-refractivity contribution is 6.02. The van der Waals surface area contributed by atoms with Crippen LogP contribution in [0.1, 0.15) is 12.6 Å². The summed E-state index contributed by atoms with van der Waals surface area (Å²) < 4.78 is 68.4. The summed E-state index contributed by atoms with van der Waals surface area (Å²) in [5, 5.41) is 14.2. The maximum absolute atomic E-state index is 12.6. The summed E-state index contributed by atoms with van der Waals surface area (Å²) in [7, 11) is 1.29. The summed E-state index contributed by atoms with van der Waals surface area (Å²) in [4.78, 5) is 51.0. The zero-order chi connectivity index (χ0) is 29.0. The monoisotopic (exact) mass is 544 g/mol. The van der Waals surface area contributed by atoms with Crippen LogP contribution in [0.15, 0.2) is 42.9 Å². The molecule has 0 saturated carbocycles. The molecule has 1 aromatic carbocycles. The molecule has 0 bridgehead atoms. The maximum atomic E-state index is 12.6. The van der Waals surface area contributed by atoms with Gasteiger partial charge in [-0.05, 0) is 19.1 Å². The number of alkyl halides is 6. The zero-order valence-electron chi connectivity index (χ0n) is 19.1. The first-order chi connectivity index (χ1) is 16.9. The quantitative estimate of drug-likeness (QED) is 0.314. The Morgan fingerprint density at radius 1 is 1.03 bits per heavy atom. The van der Waals surface area contributed by atoms with Crippen molar-refractivity contribution in [1.29, 1.82) is 0 Å². The SMILES string of the molecule is COC(=O)[C@H](Cc1c[nH]cn1)N(C(=O)[C@H](C)N)c1ccccc1.O=C(O)C(F)(F)F.O=C(O)C(F)(F)F. The summed E-state index contributed by atoms with van der Waals surface area (Å²) >= 11 is 0. The lowest BCUT2D eigenvalue weighted by Crippen LogP contribution is -2.52. The van der Waals surface area contributed by atoms with Gasteiger partial charge in [-0.3, -0.25) is 9.69 Å². The molecule has 2 atom stereocenters. The summed E-state index contributed by atoms with van der Waals surface area (Å²) in [5.41, 5.74) is 7.00. The number of hydrogen-bond acceptors (Lipinski definition) is 7. The minimum atomic E-state index is -5.08. The fourth-order valence-corrected chi connectivity index (χ4v) is 2.29. The lowest BCUT2D eigenvalue weighted by molar-refractivity contribution is -0.193. The maximum Gasteiger partial charge on any atom is 0.490 e. The number of carbonyl (C=O) groups excluding carboxylic acids is 2. The standard InChI is InChI=1S/C16H20N4O3.2C2HF3O2/c1-11(17)15(21)20(13-6-4-3-5-7-13)14(16(22)23-2)8-12-9-18-10-19-12;2*3-2(4,5)1(6)7/h3-7,9-11,14H,8,17H2,1-2H3,(H,18,19);2*(H,6,7)/t11-,14-;;/m0../s1. The van der Waals surface area contributed by atoms with Crippen LogP contribution in [-0.2, 0) is 30.3 Å². The Kier molecular flexibility index (Phi) is 12.8. The molecule has 0 aliphatic rings. The zero-order valence-corrected chi connectivity index (χ0v) is 19.1. The number of esters is 1. The van der Waals surface area contributed by atoms with E-state index < -0.39 is 42.3 Å². The fraction of sp³-hybridized carbons (Fsp3) is 0.350. The van der Waals surface area contributed by atoms with E-state index in [1.807, 2.05) is 6.07 Å². The Balaban J connectivity index is 0.000000761. The molecule has 0 fully saturated rings. The van der Waals surface area contributed by atoms with Gasteiger partial charge in [0.25, 0.3) is 0 Å². The fourth-order valence-electron chi connectivity index (χ4n) is 2.29. The molecule has 0 aliphatic carbocycles. The van der Waals surface area contributed by atoms with Crippen molar-refractivity contribution in [1.82, 2.24) is 9.97 Å². The third kappa shape index (κ3) is 11.9. The normalized spacial score (nSPS) is 12.5. The van der Waals surface area contributed by atoms with Crippen LogP contribution in [0.4, 0.5) is 32.0 Å². The van der Waals surface area contributed by atoms with Crippen LogP contribution in [-0.4, -0.2) is 75.5 Å². The van der Waals surface area contributed by atoms with Gasteiger partial charge in [0.2, 0.25) is 5.91 Å². The molecule has 0 spiro atoms. The number of carboxylic acids is 2. The van der Waals surface area contributed by atoms with E-state index in [-0.39, 0.29) is 12.3 Å². The van der Waals surface area contributed by atoms with E-state index in [2.05, 4.69) is 9.97 Å². The third-order valence-electron chi connectivity index (χ3n) is 3.89. The molecular formula is C20H22F6N4O7. The number of rotatable bonds is 6. The van der Waals surface area contributed by atoms with Crippen LogP contribution in [0.5, 0.6) is 0 Å². The Hall–Kier alpha value is -4.15. The summed E-state index contributed by atoms with van der Waals surface area (Å²) in [6, 6.07) is 7.32. The van der Waals surface area contributed by atoms with Crippen molar-refractivity contribution in [3.8, 4) is 0 Å². The molecule has 2 rings (SSSR count). The second-order valence-corrected chi connectivity index (χ2v) is 6.74. The van der Waals surface area contributed by atoms with Gasteiger partial charge in [-0.2, -0.15) is 26.3 Å². The molecule has 1 aromatic heterocycles. The predicted octanol–water partition coefficient (Wildman–Crippen LogP) is 2.14. The predicted molar refractivity (Wildman–Crippen MR) is 113 cm³/mol. The van der Waals surface area contributed by atoms with Crippen molar-refractivity contribution in [2.45, 2.75) is 37.8 Å². The second-order valence-electron chi connectivity index (χ2n) is 6.74. The lowest BCUT2D eigenvalue weighted by atomic mass is 10.1. The average molecular weight is 544 g/mol. The number of nitrogens with two attached hydrogens (primary N) is 1. The molecule has 0 saturated heterocycles. The number of anilines is 1. The lowest BCUT2D eigenvalue weighted by Gasteiger charge is -2.31. The van der Waals surface area contributed by atoms with Gasteiger partial charge in [0.05, 0.1) is 25.2 Å². The van der Waals surface area contributed by atoms with Crippen LogP contribution in [0.25, 0.3) is 0 Å². The average Bonchev–Trinajstić information content (AvgIpc) is 3.31. The second kappa shape index (κ2) is 14.4. The number of aliphatic carboxylic acids is 2. The van der Waals surface area contributed by atoms with E-state index in [9.17, 15) is 35.9 Å². The number of H-pyrrole nitrogens is 1.